The summed E-state index contributed by atoms with van der Waals surface area (Å²) in [5.74, 6) is 0.869. The van der Waals surface area contributed by atoms with E-state index in [1.54, 1.807) is 0 Å². The first-order valence-electron chi connectivity index (χ1n) is 8.06. The van der Waals surface area contributed by atoms with Gasteiger partial charge in [-0.25, -0.2) is 0 Å². The van der Waals surface area contributed by atoms with Crippen molar-refractivity contribution < 1.29 is 4.84 Å². The van der Waals surface area contributed by atoms with Crippen LogP contribution in [0, 0.1) is 0 Å². The Bertz CT molecular complexity index is 816. The third kappa shape index (κ3) is 2.88. The maximum absolute atomic E-state index is 5.80. The molecule has 0 saturated carbocycles. The number of hydrogen-bond acceptors (Lipinski definition) is 3. The molecule has 0 radical (unpaired) electrons. The minimum Gasteiger partial charge on any atom is -0.363 e. The normalized spacial score (nSPS) is 16.6. The molecule has 3 aromatic rings. The fourth-order valence-corrected chi connectivity index (χ4v) is 2.92. The van der Waals surface area contributed by atoms with Gasteiger partial charge in [0.15, 0.2) is 5.84 Å². The van der Waals surface area contributed by atoms with Gasteiger partial charge < -0.3 is 9.74 Å². The molecule has 4 rings (SSSR count). The van der Waals surface area contributed by atoms with Gasteiger partial charge in [-0.05, 0) is 5.56 Å². The third-order valence-corrected chi connectivity index (χ3v) is 4.11. The van der Waals surface area contributed by atoms with Gasteiger partial charge in [0.25, 0.3) is 0 Å². The van der Waals surface area contributed by atoms with Crippen LogP contribution in [-0.4, -0.2) is 10.7 Å². The number of nitrogens with zero attached hydrogens (tertiary/aromatic N) is 2. The van der Waals surface area contributed by atoms with Gasteiger partial charge in [0.05, 0.1) is 0 Å². The fraction of sp³-hybridized carbons (Fsp3) is 0.0952. The molecule has 0 aliphatic carbocycles. The molecular weight excluding hydrogens is 296 g/mol. The SMILES string of the molecule is c1ccc(CN2C(c3ccccc3)=NOC2c2ccccc2)cc1. The van der Waals surface area contributed by atoms with Crippen molar-refractivity contribution in [2.75, 3.05) is 0 Å². The Kier molecular flexibility index (Phi) is 3.98. The molecule has 1 aliphatic rings. The van der Waals surface area contributed by atoms with Gasteiger partial charge in [-0.3, -0.25) is 0 Å². The average Bonchev–Trinajstić information content (AvgIpc) is 3.07. The van der Waals surface area contributed by atoms with Crippen LogP contribution < -0.4 is 0 Å². The Morgan fingerprint density at radius 2 is 1.33 bits per heavy atom. The lowest BCUT2D eigenvalue weighted by molar-refractivity contribution is 0.00584. The molecule has 0 saturated heterocycles. The van der Waals surface area contributed by atoms with Gasteiger partial charge in [-0.1, -0.05) is 96.2 Å². The van der Waals surface area contributed by atoms with Crippen molar-refractivity contribution in [2.24, 2.45) is 5.16 Å². The van der Waals surface area contributed by atoms with E-state index in [0.29, 0.717) is 0 Å². The van der Waals surface area contributed by atoms with Crippen molar-refractivity contribution in [3.05, 3.63) is 108 Å². The van der Waals surface area contributed by atoms with Crippen molar-refractivity contribution in [1.82, 2.24) is 4.90 Å². The summed E-state index contributed by atoms with van der Waals surface area (Å²) in [5, 5.41) is 4.38. The van der Waals surface area contributed by atoms with Crippen LogP contribution in [0.1, 0.15) is 22.9 Å². The van der Waals surface area contributed by atoms with Crippen LogP contribution in [0.25, 0.3) is 0 Å². The highest BCUT2D eigenvalue weighted by molar-refractivity contribution is 5.99. The molecule has 0 fully saturated rings. The van der Waals surface area contributed by atoms with Crippen LogP contribution in [0.4, 0.5) is 0 Å². The van der Waals surface area contributed by atoms with Gasteiger partial charge in [0, 0.05) is 17.7 Å². The molecule has 0 aromatic heterocycles. The molecule has 1 unspecified atom stereocenters. The standard InChI is InChI=1S/C21H18N2O/c1-4-10-17(11-5-1)16-23-20(18-12-6-2-7-13-18)22-24-21(23)19-14-8-3-9-15-19/h1-15,21H,16H2. The van der Waals surface area contributed by atoms with Crippen LogP contribution in [-0.2, 0) is 11.4 Å². The highest BCUT2D eigenvalue weighted by Gasteiger charge is 2.32. The summed E-state index contributed by atoms with van der Waals surface area (Å²) in [5.41, 5.74) is 3.39. The van der Waals surface area contributed by atoms with Crippen LogP contribution in [0.3, 0.4) is 0 Å². The number of oxime groups is 1. The zero-order valence-corrected chi connectivity index (χ0v) is 13.2. The summed E-state index contributed by atoms with van der Waals surface area (Å²) >= 11 is 0. The molecule has 1 aliphatic heterocycles. The lowest BCUT2D eigenvalue weighted by Crippen LogP contribution is -2.30. The summed E-state index contributed by atoms with van der Waals surface area (Å²) in [6, 6.07) is 30.8. The van der Waals surface area contributed by atoms with Crippen LogP contribution in [0.2, 0.25) is 0 Å². The molecule has 1 atom stereocenters. The first kappa shape index (κ1) is 14.5. The van der Waals surface area contributed by atoms with E-state index < -0.39 is 0 Å². The molecule has 3 nitrogen and oxygen atoms in total. The van der Waals surface area contributed by atoms with Crippen molar-refractivity contribution in [3.8, 4) is 0 Å². The molecule has 1 heterocycles. The fourth-order valence-electron chi connectivity index (χ4n) is 2.92. The number of amidine groups is 1. The monoisotopic (exact) mass is 314 g/mol. The van der Waals surface area contributed by atoms with Crippen LogP contribution in [0.15, 0.2) is 96.2 Å². The second-order valence-corrected chi connectivity index (χ2v) is 5.76. The Labute approximate surface area is 141 Å². The molecule has 3 heteroatoms. The maximum Gasteiger partial charge on any atom is 0.227 e. The molecule has 118 valence electrons. The van der Waals surface area contributed by atoms with Gasteiger partial charge in [0.1, 0.15) is 0 Å². The third-order valence-electron chi connectivity index (χ3n) is 4.11. The molecule has 0 amide bonds. The van der Waals surface area contributed by atoms with Gasteiger partial charge in [-0.15, -0.1) is 0 Å². The molecule has 0 N–H and O–H groups in total. The lowest BCUT2D eigenvalue weighted by atomic mass is 10.1. The Morgan fingerprint density at radius 3 is 2.00 bits per heavy atom. The Morgan fingerprint density at radius 1 is 0.750 bits per heavy atom. The van der Waals surface area contributed by atoms with Crippen molar-refractivity contribution in [1.29, 1.82) is 0 Å². The van der Waals surface area contributed by atoms with E-state index in [1.807, 2.05) is 42.5 Å². The van der Waals surface area contributed by atoms with E-state index in [0.717, 1.165) is 23.5 Å². The van der Waals surface area contributed by atoms with Crippen LogP contribution in [0.5, 0.6) is 0 Å². The average molecular weight is 314 g/mol. The minimum absolute atomic E-state index is 0.207. The first-order chi connectivity index (χ1) is 11.9. The zero-order valence-electron chi connectivity index (χ0n) is 13.2. The summed E-state index contributed by atoms with van der Waals surface area (Å²) in [4.78, 5) is 8.01. The smallest absolute Gasteiger partial charge is 0.227 e. The zero-order chi connectivity index (χ0) is 16.2. The van der Waals surface area contributed by atoms with Crippen molar-refractivity contribution >= 4 is 5.84 Å². The largest absolute Gasteiger partial charge is 0.363 e. The second-order valence-electron chi connectivity index (χ2n) is 5.76. The Balaban J connectivity index is 1.69. The predicted octanol–water partition coefficient (Wildman–Crippen LogP) is 4.58. The van der Waals surface area contributed by atoms with Gasteiger partial charge >= 0.3 is 0 Å². The van der Waals surface area contributed by atoms with E-state index in [2.05, 4.69) is 58.6 Å². The number of rotatable bonds is 4. The topological polar surface area (TPSA) is 24.8 Å². The minimum atomic E-state index is -0.207. The number of hydrogen-bond donors (Lipinski definition) is 0. The molecule has 24 heavy (non-hydrogen) atoms. The molecule has 0 bridgehead atoms. The quantitative estimate of drug-likeness (QED) is 0.704. The van der Waals surface area contributed by atoms with Crippen molar-refractivity contribution in [2.45, 2.75) is 12.8 Å². The lowest BCUT2D eigenvalue weighted by Gasteiger charge is -2.25. The molecular formula is C21H18N2O. The van der Waals surface area contributed by atoms with E-state index in [-0.39, 0.29) is 6.23 Å². The predicted molar refractivity (Wildman–Crippen MR) is 95.2 cm³/mol. The maximum atomic E-state index is 5.80. The van der Waals surface area contributed by atoms with Gasteiger partial charge in [-0.2, -0.15) is 0 Å². The summed E-state index contributed by atoms with van der Waals surface area (Å²) in [6.07, 6.45) is -0.207. The Hall–Kier alpha value is -3.07. The second kappa shape index (κ2) is 6.59. The molecule has 3 aromatic carbocycles. The van der Waals surface area contributed by atoms with E-state index in [9.17, 15) is 0 Å². The first-order valence-corrected chi connectivity index (χ1v) is 8.06. The van der Waals surface area contributed by atoms with Gasteiger partial charge in [0.2, 0.25) is 6.23 Å². The molecule has 0 spiro atoms. The summed E-state index contributed by atoms with van der Waals surface area (Å²) in [6.45, 7) is 0.744. The number of benzene rings is 3. The summed E-state index contributed by atoms with van der Waals surface area (Å²) in [7, 11) is 0. The van der Waals surface area contributed by atoms with Crippen LogP contribution >= 0.6 is 0 Å². The highest BCUT2D eigenvalue weighted by atomic mass is 16.7. The van der Waals surface area contributed by atoms with E-state index >= 15 is 0 Å². The van der Waals surface area contributed by atoms with E-state index in [1.165, 1.54) is 5.56 Å². The van der Waals surface area contributed by atoms with Crippen molar-refractivity contribution in [3.63, 3.8) is 0 Å². The van der Waals surface area contributed by atoms with E-state index in [4.69, 9.17) is 4.84 Å². The summed E-state index contributed by atoms with van der Waals surface area (Å²) < 4.78 is 0. The highest BCUT2D eigenvalue weighted by Crippen LogP contribution is 2.31.